The van der Waals surface area contributed by atoms with Crippen molar-refractivity contribution in [2.75, 3.05) is 0 Å². The van der Waals surface area contributed by atoms with Gasteiger partial charge in [0.25, 0.3) is 0 Å². The number of nitrogens with zero attached hydrogens (tertiary/aromatic N) is 1. The molecule has 0 saturated heterocycles. The molecule has 4 nitrogen and oxygen atoms in total. The van der Waals surface area contributed by atoms with Gasteiger partial charge in [-0.15, -0.1) is 0 Å². The fourth-order valence-electron chi connectivity index (χ4n) is 2.22. The van der Waals surface area contributed by atoms with Crippen molar-refractivity contribution < 1.29 is 9.90 Å². The number of hydrogen-bond acceptors (Lipinski definition) is 2. The maximum atomic E-state index is 11.0. The highest BCUT2D eigenvalue weighted by Gasteiger charge is 2.26. The number of aromatic nitrogens is 2. The maximum absolute atomic E-state index is 11.0. The minimum atomic E-state index is -0.991. The summed E-state index contributed by atoms with van der Waals surface area (Å²) in [6.07, 6.45) is 5.60. The molecular formula is C10H13ClN2O2. The molecule has 0 radical (unpaired) electrons. The van der Waals surface area contributed by atoms with Crippen molar-refractivity contribution in [1.29, 1.82) is 0 Å². The van der Waals surface area contributed by atoms with E-state index in [1.165, 1.54) is 6.42 Å². The van der Waals surface area contributed by atoms with E-state index in [2.05, 4.69) is 10.2 Å². The molecule has 0 spiro atoms. The van der Waals surface area contributed by atoms with Crippen molar-refractivity contribution in [3.05, 3.63) is 16.4 Å². The summed E-state index contributed by atoms with van der Waals surface area (Å²) in [5.41, 5.74) is 0.857. The summed E-state index contributed by atoms with van der Waals surface area (Å²) in [6, 6.07) is 0. The number of carboxylic acids is 1. The van der Waals surface area contributed by atoms with Crippen LogP contribution in [0, 0.1) is 0 Å². The zero-order chi connectivity index (χ0) is 10.8. The van der Waals surface area contributed by atoms with E-state index in [9.17, 15) is 4.79 Å². The van der Waals surface area contributed by atoms with Crippen molar-refractivity contribution in [1.82, 2.24) is 10.2 Å². The first-order valence-corrected chi connectivity index (χ1v) is 5.55. The Morgan fingerprint density at radius 1 is 1.40 bits per heavy atom. The molecule has 2 rings (SSSR count). The lowest BCUT2D eigenvalue weighted by atomic mass is 9.85. The van der Waals surface area contributed by atoms with Crippen LogP contribution in [0.4, 0.5) is 0 Å². The highest BCUT2D eigenvalue weighted by molar-refractivity contribution is 6.32. The lowest BCUT2D eigenvalue weighted by Crippen LogP contribution is -2.10. The molecule has 0 atom stereocenters. The largest absolute Gasteiger partial charge is 0.478 e. The number of nitrogens with one attached hydrogen (secondary N) is 1. The Hall–Kier alpha value is -1.03. The van der Waals surface area contributed by atoms with Crippen LogP contribution in [0.5, 0.6) is 0 Å². The van der Waals surface area contributed by atoms with E-state index in [1.54, 1.807) is 0 Å². The number of aromatic carboxylic acids is 1. The van der Waals surface area contributed by atoms with Gasteiger partial charge in [0.05, 0.1) is 5.69 Å². The van der Waals surface area contributed by atoms with Gasteiger partial charge >= 0.3 is 5.97 Å². The van der Waals surface area contributed by atoms with E-state index in [4.69, 9.17) is 16.7 Å². The van der Waals surface area contributed by atoms with Crippen LogP contribution >= 0.6 is 11.6 Å². The number of carboxylic acid groups (broad SMARTS) is 1. The summed E-state index contributed by atoms with van der Waals surface area (Å²) >= 11 is 5.74. The molecule has 82 valence electrons. The second kappa shape index (κ2) is 4.23. The standard InChI is InChI=1S/C10H13ClN2O2/c11-9-7(10(14)15)8(12-13-9)6-4-2-1-3-5-6/h6H,1-5H2,(H,12,13)(H,14,15). The number of H-pyrrole nitrogens is 1. The molecule has 0 aromatic carbocycles. The topological polar surface area (TPSA) is 66.0 Å². The Morgan fingerprint density at radius 2 is 2.07 bits per heavy atom. The lowest BCUT2D eigenvalue weighted by Gasteiger charge is -2.20. The minimum Gasteiger partial charge on any atom is -0.478 e. The summed E-state index contributed by atoms with van der Waals surface area (Å²) < 4.78 is 0. The molecule has 1 heterocycles. The van der Waals surface area contributed by atoms with Crippen LogP contribution < -0.4 is 0 Å². The molecule has 0 unspecified atom stereocenters. The summed E-state index contributed by atoms with van der Waals surface area (Å²) in [5, 5.41) is 15.6. The maximum Gasteiger partial charge on any atom is 0.340 e. The number of hydrogen-bond donors (Lipinski definition) is 2. The van der Waals surface area contributed by atoms with Gasteiger partial charge in [0.1, 0.15) is 5.56 Å². The van der Waals surface area contributed by atoms with Gasteiger partial charge in [-0.25, -0.2) is 4.79 Å². The van der Waals surface area contributed by atoms with Crippen LogP contribution in [0.25, 0.3) is 0 Å². The van der Waals surface area contributed by atoms with Gasteiger partial charge in [0.2, 0.25) is 0 Å². The van der Waals surface area contributed by atoms with Gasteiger partial charge in [0.15, 0.2) is 5.15 Å². The molecule has 1 aromatic heterocycles. The third-order valence-electron chi connectivity index (χ3n) is 2.98. The summed E-state index contributed by atoms with van der Waals surface area (Å²) in [5.74, 6) is -0.709. The fraction of sp³-hybridized carbons (Fsp3) is 0.600. The molecule has 0 bridgehead atoms. The monoisotopic (exact) mass is 228 g/mol. The Labute approximate surface area is 92.6 Å². The summed E-state index contributed by atoms with van der Waals surface area (Å²) in [4.78, 5) is 11.0. The fourth-order valence-corrected chi connectivity index (χ4v) is 2.45. The van der Waals surface area contributed by atoms with Crippen molar-refractivity contribution in [2.45, 2.75) is 38.0 Å². The first-order valence-electron chi connectivity index (χ1n) is 5.17. The van der Waals surface area contributed by atoms with Crippen LogP contribution in [-0.4, -0.2) is 21.3 Å². The van der Waals surface area contributed by atoms with Gasteiger partial charge in [-0.05, 0) is 12.8 Å². The van der Waals surface area contributed by atoms with Gasteiger partial charge < -0.3 is 5.11 Å². The second-order valence-corrected chi connectivity index (χ2v) is 4.30. The van der Waals surface area contributed by atoms with Gasteiger partial charge in [-0.1, -0.05) is 30.9 Å². The Morgan fingerprint density at radius 3 is 2.67 bits per heavy atom. The number of aromatic amines is 1. The second-order valence-electron chi connectivity index (χ2n) is 3.94. The van der Waals surface area contributed by atoms with E-state index in [-0.39, 0.29) is 16.6 Å². The van der Waals surface area contributed by atoms with Crippen molar-refractivity contribution in [3.63, 3.8) is 0 Å². The quantitative estimate of drug-likeness (QED) is 0.818. The van der Waals surface area contributed by atoms with Crippen LogP contribution in [-0.2, 0) is 0 Å². The number of rotatable bonds is 2. The highest BCUT2D eigenvalue weighted by atomic mass is 35.5. The Bertz CT molecular complexity index is 369. The van der Waals surface area contributed by atoms with Gasteiger partial charge in [-0.3, -0.25) is 5.10 Å². The molecule has 0 aliphatic heterocycles. The van der Waals surface area contributed by atoms with Crippen LogP contribution in [0.1, 0.15) is 54.1 Å². The van der Waals surface area contributed by atoms with E-state index < -0.39 is 5.97 Å². The van der Waals surface area contributed by atoms with Crippen molar-refractivity contribution in [3.8, 4) is 0 Å². The molecule has 1 aliphatic rings. The summed E-state index contributed by atoms with van der Waals surface area (Å²) in [7, 11) is 0. The third-order valence-corrected chi connectivity index (χ3v) is 3.25. The average molecular weight is 229 g/mol. The number of halogens is 1. The SMILES string of the molecule is O=C(O)c1c(Cl)n[nH]c1C1CCCCC1. The van der Waals surface area contributed by atoms with Gasteiger partial charge in [-0.2, -0.15) is 5.10 Å². The molecule has 0 amide bonds. The summed E-state index contributed by atoms with van der Waals surface area (Å²) in [6.45, 7) is 0. The zero-order valence-corrected chi connectivity index (χ0v) is 9.05. The number of carbonyl (C=O) groups is 1. The molecule has 5 heteroatoms. The minimum absolute atomic E-state index is 0.0723. The average Bonchev–Trinajstić information content (AvgIpc) is 2.61. The predicted octanol–water partition coefficient (Wildman–Crippen LogP) is 2.81. The smallest absolute Gasteiger partial charge is 0.340 e. The van der Waals surface area contributed by atoms with Gasteiger partial charge in [0, 0.05) is 5.92 Å². The molecule has 1 aliphatic carbocycles. The first-order chi connectivity index (χ1) is 7.20. The highest BCUT2D eigenvalue weighted by Crippen LogP contribution is 2.34. The van der Waals surface area contributed by atoms with Crippen LogP contribution in [0.3, 0.4) is 0 Å². The zero-order valence-electron chi connectivity index (χ0n) is 8.29. The lowest BCUT2D eigenvalue weighted by molar-refractivity contribution is 0.0695. The van der Waals surface area contributed by atoms with E-state index in [1.807, 2.05) is 0 Å². The molecule has 1 saturated carbocycles. The van der Waals surface area contributed by atoms with Crippen molar-refractivity contribution >= 4 is 17.6 Å². The predicted molar refractivity (Wildman–Crippen MR) is 56.4 cm³/mol. The molecule has 1 aromatic rings. The van der Waals surface area contributed by atoms with Crippen LogP contribution in [0.2, 0.25) is 5.15 Å². The molecule has 15 heavy (non-hydrogen) atoms. The van der Waals surface area contributed by atoms with Crippen molar-refractivity contribution in [2.24, 2.45) is 0 Å². The normalized spacial score (nSPS) is 17.9. The molecule has 1 fully saturated rings. The van der Waals surface area contributed by atoms with E-state index in [0.717, 1.165) is 25.7 Å². The van der Waals surface area contributed by atoms with E-state index >= 15 is 0 Å². The first kappa shape index (κ1) is 10.5. The molecular weight excluding hydrogens is 216 g/mol. The third kappa shape index (κ3) is 2.00. The molecule has 2 N–H and O–H groups in total. The van der Waals surface area contributed by atoms with Crippen LogP contribution in [0.15, 0.2) is 0 Å². The Kier molecular flexibility index (Phi) is 2.95. The Balaban J connectivity index is 2.30. The van der Waals surface area contributed by atoms with E-state index in [0.29, 0.717) is 5.69 Å².